The second-order valence-electron chi connectivity index (χ2n) is 6.98. The molecular formula is C20H31IN4O3. The van der Waals surface area contributed by atoms with Crippen LogP contribution in [0, 0.1) is 0 Å². The molecule has 2 aliphatic rings. The molecule has 0 radical (unpaired) electrons. The highest BCUT2D eigenvalue weighted by Crippen LogP contribution is 2.30. The van der Waals surface area contributed by atoms with E-state index in [2.05, 4.69) is 21.3 Å². The molecular weight excluding hydrogens is 471 g/mol. The molecule has 2 N–H and O–H groups in total. The number of guanidine groups is 1. The van der Waals surface area contributed by atoms with Crippen molar-refractivity contribution < 1.29 is 14.6 Å². The molecule has 1 aliphatic carbocycles. The Morgan fingerprint density at radius 3 is 2.54 bits per heavy atom. The van der Waals surface area contributed by atoms with Gasteiger partial charge >= 0.3 is 6.09 Å². The molecule has 0 atom stereocenters. The van der Waals surface area contributed by atoms with Gasteiger partial charge in [-0.3, -0.25) is 4.99 Å². The number of aromatic hydroxyl groups is 1. The lowest BCUT2D eigenvalue weighted by atomic mass is 9.88. The number of aliphatic imine (C=N–C) groups is 1. The highest BCUT2D eigenvalue weighted by molar-refractivity contribution is 14.0. The predicted octanol–water partition coefficient (Wildman–Crippen LogP) is 2.74. The van der Waals surface area contributed by atoms with Gasteiger partial charge in [0.25, 0.3) is 0 Å². The van der Waals surface area contributed by atoms with Gasteiger partial charge in [0.2, 0.25) is 0 Å². The molecule has 0 aromatic heterocycles. The number of fused-ring (bicyclic) bond motifs is 1. The van der Waals surface area contributed by atoms with Gasteiger partial charge in [0.05, 0.1) is 6.61 Å². The average Bonchev–Trinajstić information content (AvgIpc) is 2.70. The zero-order valence-electron chi connectivity index (χ0n) is 16.7. The van der Waals surface area contributed by atoms with Gasteiger partial charge in [0, 0.05) is 45.3 Å². The lowest BCUT2D eigenvalue weighted by Gasteiger charge is -2.36. The van der Waals surface area contributed by atoms with Crippen LogP contribution in [-0.4, -0.2) is 66.8 Å². The van der Waals surface area contributed by atoms with Crippen LogP contribution >= 0.6 is 24.0 Å². The number of phenolic OH excluding ortho intramolecular Hbond substituents is 1. The van der Waals surface area contributed by atoms with Crippen molar-refractivity contribution in [2.75, 3.05) is 39.8 Å². The Hall–Kier alpha value is -1.71. The number of nitrogens with zero attached hydrogens (tertiary/aromatic N) is 3. The molecule has 0 spiro atoms. The maximum atomic E-state index is 11.8. The first-order valence-electron chi connectivity index (χ1n) is 9.84. The first-order chi connectivity index (χ1) is 13.1. The smallest absolute Gasteiger partial charge is 0.409 e. The number of carbonyl (C=O) groups excluding carboxylic acids is 1. The second-order valence-corrected chi connectivity index (χ2v) is 6.98. The molecule has 0 unspecified atom stereocenters. The lowest BCUT2D eigenvalue weighted by Crippen LogP contribution is -2.53. The summed E-state index contributed by atoms with van der Waals surface area (Å²) in [5.74, 6) is 1.15. The molecule has 8 heteroatoms. The van der Waals surface area contributed by atoms with Gasteiger partial charge in [-0.1, -0.05) is 6.07 Å². The van der Waals surface area contributed by atoms with Crippen LogP contribution in [0.25, 0.3) is 0 Å². The summed E-state index contributed by atoms with van der Waals surface area (Å²) >= 11 is 0. The SMILES string of the molecule is CCOC(=O)N1CCN(C(=NC)NCc2c(O)ccc3c2CCCC3)CC1.I. The number of ether oxygens (including phenoxy) is 1. The summed E-state index contributed by atoms with van der Waals surface area (Å²) in [5, 5.41) is 13.8. The third-order valence-electron chi connectivity index (χ3n) is 5.37. The molecule has 0 saturated carbocycles. The van der Waals surface area contributed by atoms with Gasteiger partial charge in [0.1, 0.15) is 5.75 Å². The van der Waals surface area contributed by atoms with Crippen LogP contribution in [0.1, 0.15) is 36.5 Å². The molecule has 3 rings (SSSR count). The Balaban J connectivity index is 0.00000280. The first-order valence-corrected chi connectivity index (χ1v) is 9.84. The quantitative estimate of drug-likeness (QED) is 0.378. The van der Waals surface area contributed by atoms with Gasteiger partial charge in [-0.15, -0.1) is 24.0 Å². The average molecular weight is 502 g/mol. The van der Waals surface area contributed by atoms with Crippen molar-refractivity contribution in [2.24, 2.45) is 4.99 Å². The standard InChI is InChI=1S/C20H30N4O3.HI/c1-3-27-20(26)24-12-10-23(11-13-24)19(21-2)22-14-17-16-7-5-4-6-15(16)8-9-18(17)25;/h8-9,25H,3-7,10-14H2,1-2H3,(H,21,22);1H. The number of hydrogen-bond donors (Lipinski definition) is 2. The fourth-order valence-electron chi connectivity index (χ4n) is 3.90. The van der Waals surface area contributed by atoms with E-state index in [1.807, 2.05) is 13.0 Å². The Labute approximate surface area is 184 Å². The maximum Gasteiger partial charge on any atom is 0.409 e. The van der Waals surface area contributed by atoms with Crippen molar-refractivity contribution in [3.63, 3.8) is 0 Å². The molecule has 1 aromatic rings. The van der Waals surface area contributed by atoms with Crippen molar-refractivity contribution in [2.45, 2.75) is 39.2 Å². The molecule has 7 nitrogen and oxygen atoms in total. The number of benzene rings is 1. The van der Waals surface area contributed by atoms with Crippen molar-refractivity contribution in [3.05, 3.63) is 28.8 Å². The van der Waals surface area contributed by atoms with E-state index >= 15 is 0 Å². The molecule has 1 aliphatic heterocycles. The number of amides is 1. The van der Waals surface area contributed by atoms with E-state index in [1.165, 1.54) is 24.0 Å². The fourth-order valence-corrected chi connectivity index (χ4v) is 3.90. The minimum absolute atomic E-state index is 0. The Bertz CT molecular complexity index is 703. The molecule has 1 aromatic carbocycles. The van der Waals surface area contributed by atoms with Crippen LogP contribution in [0.2, 0.25) is 0 Å². The van der Waals surface area contributed by atoms with E-state index < -0.39 is 0 Å². The third kappa shape index (κ3) is 5.21. The van der Waals surface area contributed by atoms with Crippen LogP contribution in [-0.2, 0) is 24.1 Å². The summed E-state index contributed by atoms with van der Waals surface area (Å²) in [5.41, 5.74) is 3.63. The maximum absolute atomic E-state index is 11.8. The van der Waals surface area contributed by atoms with Crippen LogP contribution in [0.5, 0.6) is 5.75 Å². The normalized spacial score (nSPS) is 16.9. The highest BCUT2D eigenvalue weighted by atomic mass is 127. The number of carbonyl (C=O) groups is 1. The summed E-state index contributed by atoms with van der Waals surface area (Å²) in [6, 6.07) is 3.86. The molecule has 1 fully saturated rings. The Morgan fingerprint density at radius 1 is 1.18 bits per heavy atom. The van der Waals surface area contributed by atoms with E-state index in [-0.39, 0.29) is 30.1 Å². The molecule has 156 valence electrons. The van der Waals surface area contributed by atoms with Crippen molar-refractivity contribution in [3.8, 4) is 5.75 Å². The Kier molecular flexibility index (Phi) is 8.65. The molecule has 1 amide bonds. The van der Waals surface area contributed by atoms with E-state index in [4.69, 9.17) is 4.74 Å². The fraction of sp³-hybridized carbons (Fsp3) is 0.600. The summed E-state index contributed by atoms with van der Waals surface area (Å²) in [4.78, 5) is 20.1. The van der Waals surface area contributed by atoms with Crippen molar-refractivity contribution in [1.82, 2.24) is 15.1 Å². The first kappa shape index (κ1) is 22.6. The number of aryl methyl sites for hydroxylation is 1. The summed E-state index contributed by atoms with van der Waals surface area (Å²) in [6.07, 6.45) is 4.26. The number of phenols is 1. The van der Waals surface area contributed by atoms with Crippen LogP contribution in [0.15, 0.2) is 17.1 Å². The number of piperazine rings is 1. The minimum atomic E-state index is -0.249. The van der Waals surface area contributed by atoms with E-state index in [9.17, 15) is 9.90 Å². The van der Waals surface area contributed by atoms with E-state index in [0.717, 1.165) is 24.4 Å². The number of hydrogen-bond acceptors (Lipinski definition) is 4. The lowest BCUT2D eigenvalue weighted by molar-refractivity contribution is 0.0914. The predicted molar refractivity (Wildman–Crippen MR) is 121 cm³/mol. The monoisotopic (exact) mass is 502 g/mol. The molecule has 1 saturated heterocycles. The van der Waals surface area contributed by atoms with Gasteiger partial charge in [-0.2, -0.15) is 0 Å². The zero-order chi connectivity index (χ0) is 19.2. The van der Waals surface area contributed by atoms with Gasteiger partial charge < -0.3 is 25.0 Å². The summed E-state index contributed by atoms with van der Waals surface area (Å²) in [7, 11) is 1.76. The molecule has 1 heterocycles. The number of nitrogens with one attached hydrogen (secondary N) is 1. The molecule has 28 heavy (non-hydrogen) atoms. The van der Waals surface area contributed by atoms with Gasteiger partial charge in [-0.25, -0.2) is 4.79 Å². The van der Waals surface area contributed by atoms with Gasteiger partial charge in [-0.05, 0) is 49.8 Å². The van der Waals surface area contributed by atoms with Crippen molar-refractivity contribution in [1.29, 1.82) is 0 Å². The van der Waals surface area contributed by atoms with Crippen molar-refractivity contribution >= 4 is 36.0 Å². The highest BCUT2D eigenvalue weighted by Gasteiger charge is 2.24. The van der Waals surface area contributed by atoms with Crippen LogP contribution < -0.4 is 5.32 Å². The van der Waals surface area contributed by atoms with Crippen LogP contribution in [0.4, 0.5) is 4.79 Å². The largest absolute Gasteiger partial charge is 0.508 e. The van der Waals surface area contributed by atoms with E-state index in [1.54, 1.807) is 11.9 Å². The summed E-state index contributed by atoms with van der Waals surface area (Å²) in [6.45, 7) is 5.41. The van der Waals surface area contributed by atoms with Crippen LogP contribution in [0.3, 0.4) is 0 Å². The third-order valence-corrected chi connectivity index (χ3v) is 5.37. The summed E-state index contributed by atoms with van der Waals surface area (Å²) < 4.78 is 5.07. The molecule has 0 bridgehead atoms. The second kappa shape index (κ2) is 10.7. The topological polar surface area (TPSA) is 77.4 Å². The van der Waals surface area contributed by atoms with E-state index in [0.29, 0.717) is 45.1 Å². The number of rotatable bonds is 3. The Morgan fingerprint density at radius 2 is 1.86 bits per heavy atom. The number of halogens is 1. The minimum Gasteiger partial charge on any atom is -0.508 e. The van der Waals surface area contributed by atoms with Gasteiger partial charge in [0.15, 0.2) is 5.96 Å². The zero-order valence-corrected chi connectivity index (χ0v) is 19.1.